The van der Waals surface area contributed by atoms with E-state index in [4.69, 9.17) is 10.00 Å². The summed E-state index contributed by atoms with van der Waals surface area (Å²) in [5.74, 6) is 0.365. The van der Waals surface area contributed by atoms with Crippen LogP contribution in [0.4, 0.5) is 10.1 Å². The van der Waals surface area contributed by atoms with Crippen molar-refractivity contribution in [3.63, 3.8) is 0 Å². The smallest absolute Gasteiger partial charge is 0.227 e. The highest BCUT2D eigenvalue weighted by Gasteiger charge is 2.16. The Balaban J connectivity index is 1.46. The zero-order valence-electron chi connectivity index (χ0n) is 18.0. The van der Waals surface area contributed by atoms with Crippen molar-refractivity contribution in [1.82, 2.24) is 5.32 Å². The lowest BCUT2D eigenvalue weighted by atomic mass is 10.2. The first kappa shape index (κ1) is 23.5. The number of carbonyl (C=O) groups excluding carboxylic acids is 2. The largest absolute Gasteiger partial charge is 0.457 e. The van der Waals surface area contributed by atoms with Gasteiger partial charge in [-0.25, -0.2) is 4.39 Å². The molecule has 0 aliphatic rings. The van der Waals surface area contributed by atoms with E-state index in [1.807, 2.05) is 36.4 Å². The van der Waals surface area contributed by atoms with Crippen LogP contribution in [0.5, 0.6) is 11.5 Å². The zero-order chi connectivity index (χ0) is 23.5. The molecular formula is C26H24FN3O3. The lowest BCUT2D eigenvalue weighted by Crippen LogP contribution is -2.33. The van der Waals surface area contributed by atoms with E-state index in [1.54, 1.807) is 36.4 Å². The van der Waals surface area contributed by atoms with E-state index in [9.17, 15) is 14.0 Å². The molecule has 0 aliphatic carbocycles. The molecule has 2 amide bonds. The number of benzene rings is 3. The molecule has 0 bridgehead atoms. The summed E-state index contributed by atoms with van der Waals surface area (Å²) >= 11 is 0. The highest BCUT2D eigenvalue weighted by Crippen LogP contribution is 2.22. The standard InChI is InChI=1S/C26H24FN3O3/c27-21-9-13-24(14-10-21)33-23-11-7-20(8-12-23)19-29-25(31)15-16-26(32)30(18-4-17-28)22-5-2-1-3-6-22/h1-3,5-14H,4,15-16,18-19H2,(H,29,31). The molecule has 3 aromatic carbocycles. The maximum atomic E-state index is 13.0. The van der Waals surface area contributed by atoms with Crippen molar-refractivity contribution >= 4 is 17.5 Å². The molecule has 7 heteroatoms. The number of para-hydroxylation sites is 1. The first-order valence-electron chi connectivity index (χ1n) is 10.6. The van der Waals surface area contributed by atoms with E-state index in [-0.39, 0.29) is 43.4 Å². The van der Waals surface area contributed by atoms with Crippen LogP contribution in [0.3, 0.4) is 0 Å². The molecule has 168 valence electrons. The molecule has 0 unspecified atom stereocenters. The zero-order valence-corrected chi connectivity index (χ0v) is 18.0. The van der Waals surface area contributed by atoms with Crippen LogP contribution in [0, 0.1) is 17.1 Å². The molecule has 33 heavy (non-hydrogen) atoms. The first-order chi connectivity index (χ1) is 16.0. The van der Waals surface area contributed by atoms with Gasteiger partial charge < -0.3 is 15.0 Å². The average molecular weight is 445 g/mol. The maximum absolute atomic E-state index is 13.0. The normalized spacial score (nSPS) is 10.2. The summed E-state index contributed by atoms with van der Waals surface area (Å²) in [6.07, 6.45) is 0.324. The van der Waals surface area contributed by atoms with Crippen LogP contribution >= 0.6 is 0 Å². The molecule has 0 fully saturated rings. The van der Waals surface area contributed by atoms with Crippen molar-refractivity contribution in [2.75, 3.05) is 11.4 Å². The Bertz CT molecular complexity index is 1090. The van der Waals surface area contributed by atoms with Gasteiger partial charge in [-0.05, 0) is 54.1 Å². The second-order valence-electron chi connectivity index (χ2n) is 7.27. The number of nitrogens with one attached hydrogen (secondary N) is 1. The van der Waals surface area contributed by atoms with Gasteiger partial charge in [-0.15, -0.1) is 0 Å². The molecule has 0 heterocycles. The van der Waals surface area contributed by atoms with E-state index in [0.29, 0.717) is 23.7 Å². The second-order valence-corrected chi connectivity index (χ2v) is 7.27. The quantitative estimate of drug-likeness (QED) is 0.478. The number of ether oxygens (including phenoxy) is 1. The summed E-state index contributed by atoms with van der Waals surface area (Å²) in [6.45, 7) is 0.605. The molecule has 0 saturated heterocycles. The van der Waals surface area contributed by atoms with Gasteiger partial charge in [0.05, 0.1) is 12.5 Å². The molecule has 0 aromatic heterocycles. The van der Waals surface area contributed by atoms with Crippen LogP contribution in [0.25, 0.3) is 0 Å². The summed E-state index contributed by atoms with van der Waals surface area (Å²) in [7, 11) is 0. The van der Waals surface area contributed by atoms with Gasteiger partial charge in [0.15, 0.2) is 0 Å². The van der Waals surface area contributed by atoms with E-state index in [2.05, 4.69) is 5.32 Å². The number of amides is 2. The van der Waals surface area contributed by atoms with Gasteiger partial charge in [-0.1, -0.05) is 30.3 Å². The van der Waals surface area contributed by atoms with Gasteiger partial charge in [0.1, 0.15) is 17.3 Å². The van der Waals surface area contributed by atoms with Crippen LogP contribution in [0.1, 0.15) is 24.8 Å². The van der Waals surface area contributed by atoms with Gasteiger partial charge >= 0.3 is 0 Å². The maximum Gasteiger partial charge on any atom is 0.227 e. The number of nitriles is 1. The molecule has 0 saturated carbocycles. The fourth-order valence-electron chi connectivity index (χ4n) is 3.13. The van der Waals surface area contributed by atoms with Crippen LogP contribution in [0.2, 0.25) is 0 Å². The third kappa shape index (κ3) is 7.47. The Hall–Kier alpha value is -4.18. The van der Waals surface area contributed by atoms with Crippen molar-refractivity contribution in [3.8, 4) is 17.6 Å². The van der Waals surface area contributed by atoms with Crippen LogP contribution in [-0.4, -0.2) is 18.4 Å². The van der Waals surface area contributed by atoms with Crippen molar-refractivity contribution < 1.29 is 18.7 Å². The monoisotopic (exact) mass is 445 g/mol. The highest BCUT2D eigenvalue weighted by molar-refractivity contribution is 5.95. The van der Waals surface area contributed by atoms with Crippen molar-refractivity contribution in [3.05, 3.63) is 90.2 Å². The lowest BCUT2D eigenvalue weighted by Gasteiger charge is -2.21. The van der Waals surface area contributed by atoms with E-state index >= 15 is 0 Å². The van der Waals surface area contributed by atoms with Gasteiger partial charge in [-0.3, -0.25) is 9.59 Å². The molecule has 3 rings (SSSR count). The summed E-state index contributed by atoms with van der Waals surface area (Å²) < 4.78 is 18.6. The van der Waals surface area contributed by atoms with E-state index in [0.717, 1.165) is 5.56 Å². The molecule has 0 aliphatic heterocycles. The van der Waals surface area contributed by atoms with Crippen molar-refractivity contribution in [1.29, 1.82) is 5.26 Å². The Morgan fingerprint density at radius 3 is 2.18 bits per heavy atom. The lowest BCUT2D eigenvalue weighted by molar-refractivity contribution is -0.125. The Morgan fingerprint density at radius 1 is 0.909 bits per heavy atom. The molecule has 0 radical (unpaired) electrons. The van der Waals surface area contributed by atoms with Gasteiger partial charge in [-0.2, -0.15) is 5.26 Å². The van der Waals surface area contributed by atoms with Gasteiger partial charge in [0, 0.05) is 31.6 Å². The fourth-order valence-corrected chi connectivity index (χ4v) is 3.13. The summed E-state index contributed by atoms with van der Waals surface area (Å²) in [6, 6.07) is 24.1. The second kappa shape index (κ2) is 12.0. The number of anilines is 1. The fraction of sp³-hybridized carbons (Fsp3) is 0.192. The van der Waals surface area contributed by atoms with Crippen LogP contribution in [-0.2, 0) is 16.1 Å². The number of hydrogen-bond acceptors (Lipinski definition) is 4. The number of halogens is 1. The predicted molar refractivity (Wildman–Crippen MR) is 123 cm³/mol. The first-order valence-corrected chi connectivity index (χ1v) is 10.6. The summed E-state index contributed by atoms with van der Waals surface area (Å²) in [5.41, 5.74) is 1.59. The summed E-state index contributed by atoms with van der Waals surface area (Å²) in [5, 5.41) is 11.7. The Morgan fingerprint density at radius 2 is 1.55 bits per heavy atom. The molecule has 6 nitrogen and oxygen atoms in total. The third-order valence-corrected chi connectivity index (χ3v) is 4.84. The van der Waals surface area contributed by atoms with Gasteiger partial charge in [0.25, 0.3) is 0 Å². The molecule has 1 N–H and O–H groups in total. The number of nitrogens with zero attached hydrogens (tertiary/aromatic N) is 2. The Labute approximate surface area is 192 Å². The Kier molecular flexibility index (Phi) is 8.55. The predicted octanol–water partition coefficient (Wildman–Crippen LogP) is 4.96. The minimum Gasteiger partial charge on any atom is -0.457 e. The average Bonchev–Trinajstić information content (AvgIpc) is 2.84. The SMILES string of the molecule is N#CCCN(C(=O)CCC(=O)NCc1ccc(Oc2ccc(F)cc2)cc1)c1ccccc1. The number of hydrogen-bond donors (Lipinski definition) is 1. The molecule has 0 atom stereocenters. The number of carbonyl (C=O) groups is 2. The molecule has 0 spiro atoms. The van der Waals surface area contributed by atoms with Crippen LogP contribution in [0.15, 0.2) is 78.9 Å². The van der Waals surface area contributed by atoms with Crippen molar-refractivity contribution in [2.45, 2.75) is 25.8 Å². The number of rotatable bonds is 10. The third-order valence-electron chi connectivity index (χ3n) is 4.84. The van der Waals surface area contributed by atoms with E-state index in [1.165, 1.54) is 17.0 Å². The molecule has 3 aromatic rings. The molecular weight excluding hydrogens is 421 g/mol. The van der Waals surface area contributed by atoms with Gasteiger partial charge in [0.2, 0.25) is 11.8 Å². The highest BCUT2D eigenvalue weighted by atomic mass is 19.1. The minimum absolute atomic E-state index is 0.0522. The minimum atomic E-state index is -0.329. The van der Waals surface area contributed by atoms with Crippen molar-refractivity contribution in [2.24, 2.45) is 0 Å². The topological polar surface area (TPSA) is 82.4 Å². The summed E-state index contributed by atoms with van der Waals surface area (Å²) in [4.78, 5) is 26.4. The van der Waals surface area contributed by atoms with Crippen LogP contribution < -0.4 is 15.0 Å². The van der Waals surface area contributed by atoms with E-state index < -0.39 is 0 Å².